The fourth-order valence-electron chi connectivity index (χ4n) is 3.51. The maximum absolute atomic E-state index is 12.7. The lowest BCUT2D eigenvalue weighted by Crippen LogP contribution is -2.43. The van der Waals surface area contributed by atoms with E-state index in [2.05, 4.69) is 10.2 Å². The minimum absolute atomic E-state index is 0.00346. The molecule has 7 nitrogen and oxygen atoms in total. The van der Waals surface area contributed by atoms with Crippen molar-refractivity contribution >= 4 is 12.0 Å². The molecule has 2 rings (SSSR count). The molecular weight excluding hydrogens is 370 g/mol. The summed E-state index contributed by atoms with van der Waals surface area (Å²) in [5, 5.41) is 2.92. The zero-order valence-corrected chi connectivity index (χ0v) is 18.5. The Kier molecular flexibility index (Phi) is 7.90. The van der Waals surface area contributed by atoms with Crippen molar-refractivity contribution in [3.63, 3.8) is 0 Å². The Morgan fingerprint density at radius 3 is 2.66 bits per heavy atom. The van der Waals surface area contributed by atoms with Gasteiger partial charge in [-0.3, -0.25) is 9.69 Å². The van der Waals surface area contributed by atoms with E-state index in [1.807, 2.05) is 59.0 Å². The maximum atomic E-state index is 12.7. The maximum Gasteiger partial charge on any atom is 0.407 e. The fourth-order valence-corrected chi connectivity index (χ4v) is 3.51. The number of likely N-dealkylation sites (N-methyl/N-ethyl adjacent to an activating group) is 1. The Balaban J connectivity index is 1.81. The Hall–Kier alpha value is -2.28. The zero-order valence-electron chi connectivity index (χ0n) is 18.5. The van der Waals surface area contributed by atoms with Crippen LogP contribution in [-0.4, -0.2) is 67.2 Å². The molecule has 1 aliphatic heterocycles. The Morgan fingerprint density at radius 1 is 1.31 bits per heavy atom. The quantitative estimate of drug-likeness (QED) is 0.755. The van der Waals surface area contributed by atoms with Gasteiger partial charge in [-0.05, 0) is 52.6 Å². The van der Waals surface area contributed by atoms with Gasteiger partial charge >= 0.3 is 6.09 Å². The van der Waals surface area contributed by atoms with Crippen LogP contribution in [0.2, 0.25) is 0 Å². The van der Waals surface area contributed by atoms with Gasteiger partial charge in [0.2, 0.25) is 5.91 Å². The topological polar surface area (TPSA) is 71.1 Å². The van der Waals surface area contributed by atoms with Gasteiger partial charge in [-0.15, -0.1) is 0 Å². The first-order valence-electron chi connectivity index (χ1n) is 10.2. The van der Waals surface area contributed by atoms with Crippen molar-refractivity contribution in [1.82, 2.24) is 15.1 Å². The summed E-state index contributed by atoms with van der Waals surface area (Å²) >= 11 is 0. The third kappa shape index (κ3) is 7.24. The second-order valence-corrected chi connectivity index (χ2v) is 8.78. The molecule has 0 unspecified atom stereocenters. The summed E-state index contributed by atoms with van der Waals surface area (Å²) in [6, 6.07) is 7.73. The molecule has 162 valence electrons. The normalized spacial score (nSPS) is 18.2. The molecule has 0 bridgehead atoms. The first-order valence-corrected chi connectivity index (χ1v) is 10.2. The van der Waals surface area contributed by atoms with Crippen LogP contribution >= 0.6 is 0 Å². The second kappa shape index (κ2) is 9.96. The molecule has 7 heteroatoms. The lowest BCUT2D eigenvalue weighted by molar-refractivity contribution is -0.131. The van der Waals surface area contributed by atoms with E-state index < -0.39 is 11.7 Å². The number of likely N-dealkylation sites (tertiary alicyclic amines) is 1. The highest BCUT2D eigenvalue weighted by atomic mass is 16.6. The van der Waals surface area contributed by atoms with Crippen LogP contribution < -0.4 is 10.1 Å². The van der Waals surface area contributed by atoms with Crippen molar-refractivity contribution in [2.24, 2.45) is 5.92 Å². The van der Waals surface area contributed by atoms with Crippen molar-refractivity contribution in [3.05, 3.63) is 29.8 Å². The Labute approximate surface area is 174 Å². The van der Waals surface area contributed by atoms with E-state index in [1.165, 1.54) is 0 Å². The van der Waals surface area contributed by atoms with Gasteiger partial charge in [0.1, 0.15) is 11.4 Å². The number of nitrogens with one attached hydrogen (secondary N) is 1. The van der Waals surface area contributed by atoms with Gasteiger partial charge < -0.3 is 19.7 Å². The van der Waals surface area contributed by atoms with E-state index in [4.69, 9.17) is 9.47 Å². The Bertz CT molecular complexity index is 702. The van der Waals surface area contributed by atoms with Crippen molar-refractivity contribution < 1.29 is 19.1 Å². The lowest BCUT2D eigenvalue weighted by Gasteiger charge is -2.25. The van der Waals surface area contributed by atoms with Gasteiger partial charge in [0, 0.05) is 31.7 Å². The molecule has 2 atom stereocenters. The molecule has 1 aliphatic rings. The first kappa shape index (κ1) is 23.0. The standard InChI is InChI=1S/C22H35N3O4/c1-16(23-21(27)29-22(2,3)4)17-11-12-25(14-17)15-20(26)24(5)13-18-9-7-8-10-19(18)28-6/h7-10,16-17H,11-15H2,1-6H3,(H,23,27)/t16-,17+/m0/s1. The summed E-state index contributed by atoms with van der Waals surface area (Å²) in [4.78, 5) is 28.5. The molecule has 1 saturated heterocycles. The third-order valence-corrected chi connectivity index (χ3v) is 5.14. The SMILES string of the molecule is COc1ccccc1CN(C)C(=O)CN1CC[C@@H]([C@H](C)NC(=O)OC(C)(C)C)C1. The predicted octanol–water partition coefficient (Wildman–Crippen LogP) is 2.89. The number of nitrogens with zero attached hydrogens (tertiary/aromatic N) is 2. The van der Waals surface area contributed by atoms with Gasteiger partial charge in [-0.25, -0.2) is 4.79 Å². The van der Waals surface area contributed by atoms with Crippen LogP contribution in [0.5, 0.6) is 5.75 Å². The number of amides is 2. The fraction of sp³-hybridized carbons (Fsp3) is 0.636. The van der Waals surface area contributed by atoms with Crippen LogP contribution in [0.4, 0.5) is 4.79 Å². The third-order valence-electron chi connectivity index (χ3n) is 5.14. The molecule has 1 aromatic carbocycles. The molecule has 1 fully saturated rings. The molecule has 0 aromatic heterocycles. The monoisotopic (exact) mass is 405 g/mol. The van der Waals surface area contributed by atoms with Crippen LogP contribution in [-0.2, 0) is 16.1 Å². The van der Waals surface area contributed by atoms with E-state index in [9.17, 15) is 9.59 Å². The van der Waals surface area contributed by atoms with Crippen molar-refractivity contribution in [1.29, 1.82) is 0 Å². The van der Waals surface area contributed by atoms with E-state index in [1.54, 1.807) is 12.0 Å². The smallest absolute Gasteiger partial charge is 0.407 e. The predicted molar refractivity (Wildman–Crippen MR) is 113 cm³/mol. The van der Waals surface area contributed by atoms with Crippen LogP contribution in [0.15, 0.2) is 24.3 Å². The number of ether oxygens (including phenoxy) is 2. The number of rotatable bonds is 7. The van der Waals surface area contributed by atoms with Gasteiger partial charge in [0.15, 0.2) is 0 Å². The molecule has 0 aliphatic carbocycles. The molecule has 0 spiro atoms. The van der Waals surface area contributed by atoms with E-state index in [-0.39, 0.29) is 11.9 Å². The molecular formula is C22H35N3O4. The molecule has 1 heterocycles. The largest absolute Gasteiger partial charge is 0.496 e. The van der Waals surface area contributed by atoms with Crippen molar-refractivity contribution in [3.8, 4) is 5.75 Å². The average Bonchev–Trinajstić information content (AvgIpc) is 3.09. The number of benzene rings is 1. The Morgan fingerprint density at radius 2 is 2.00 bits per heavy atom. The van der Waals surface area contributed by atoms with E-state index >= 15 is 0 Å². The summed E-state index contributed by atoms with van der Waals surface area (Å²) in [7, 11) is 3.45. The molecule has 0 radical (unpaired) electrons. The second-order valence-electron chi connectivity index (χ2n) is 8.78. The van der Waals surface area contributed by atoms with Gasteiger partial charge in [-0.2, -0.15) is 0 Å². The number of methoxy groups -OCH3 is 1. The first-order chi connectivity index (χ1) is 13.6. The van der Waals surface area contributed by atoms with E-state index in [0.717, 1.165) is 30.8 Å². The minimum atomic E-state index is -0.510. The van der Waals surface area contributed by atoms with Crippen LogP contribution in [0, 0.1) is 5.92 Å². The molecule has 2 amide bonds. The highest BCUT2D eigenvalue weighted by molar-refractivity contribution is 5.78. The highest BCUT2D eigenvalue weighted by Gasteiger charge is 2.30. The summed E-state index contributed by atoms with van der Waals surface area (Å²) in [6.45, 7) is 10.1. The molecule has 0 saturated carbocycles. The van der Waals surface area contributed by atoms with Crippen molar-refractivity contribution in [2.75, 3.05) is 33.8 Å². The van der Waals surface area contributed by atoms with E-state index in [0.29, 0.717) is 19.0 Å². The van der Waals surface area contributed by atoms with Crippen LogP contribution in [0.1, 0.15) is 39.7 Å². The number of alkyl carbamates (subject to hydrolysis) is 1. The summed E-state index contributed by atoms with van der Waals surface area (Å²) in [6.07, 6.45) is 0.552. The van der Waals surface area contributed by atoms with Crippen LogP contribution in [0.3, 0.4) is 0 Å². The summed E-state index contributed by atoms with van der Waals surface area (Å²) in [5.74, 6) is 1.16. The summed E-state index contributed by atoms with van der Waals surface area (Å²) < 4.78 is 10.7. The summed E-state index contributed by atoms with van der Waals surface area (Å²) in [5.41, 5.74) is 0.476. The number of para-hydroxylation sites is 1. The average molecular weight is 406 g/mol. The molecule has 1 aromatic rings. The van der Waals surface area contributed by atoms with Gasteiger partial charge in [0.25, 0.3) is 0 Å². The highest BCUT2D eigenvalue weighted by Crippen LogP contribution is 2.21. The number of hydrogen-bond acceptors (Lipinski definition) is 5. The van der Waals surface area contributed by atoms with Gasteiger partial charge in [-0.1, -0.05) is 18.2 Å². The minimum Gasteiger partial charge on any atom is -0.496 e. The van der Waals surface area contributed by atoms with Crippen molar-refractivity contribution in [2.45, 2.75) is 52.3 Å². The molecule has 1 N–H and O–H groups in total. The van der Waals surface area contributed by atoms with Gasteiger partial charge in [0.05, 0.1) is 13.7 Å². The van der Waals surface area contributed by atoms with Crippen LogP contribution in [0.25, 0.3) is 0 Å². The lowest BCUT2D eigenvalue weighted by atomic mass is 10.0. The number of carbonyl (C=O) groups excluding carboxylic acids is 2. The molecule has 29 heavy (non-hydrogen) atoms. The number of hydrogen-bond donors (Lipinski definition) is 1. The number of carbonyl (C=O) groups is 2. The zero-order chi connectivity index (χ0) is 21.6.